The minimum atomic E-state index is -0.356. The molecule has 2 rings (SSSR count). The fraction of sp³-hybridized carbons (Fsp3) is 0.308. The molecule has 0 N–H and O–H groups in total. The zero-order valence-corrected chi connectivity index (χ0v) is 12.2. The van der Waals surface area contributed by atoms with Crippen LogP contribution in [0.2, 0.25) is 5.15 Å². The second-order valence-electron chi connectivity index (χ2n) is 5.00. The number of nitrogens with zero attached hydrogens (tertiary/aromatic N) is 1. The molecule has 90 valence electrons. The fourth-order valence-corrected chi connectivity index (χ4v) is 2.55. The van der Waals surface area contributed by atoms with Crippen LogP contribution >= 0.6 is 27.5 Å². The number of benzene rings is 1. The molecular formula is C13H12BrClFN. The highest BCUT2D eigenvalue weighted by Gasteiger charge is 2.20. The van der Waals surface area contributed by atoms with E-state index in [9.17, 15) is 4.39 Å². The molecule has 0 saturated heterocycles. The quantitative estimate of drug-likeness (QED) is 0.617. The van der Waals surface area contributed by atoms with Gasteiger partial charge < -0.3 is 0 Å². The molecule has 17 heavy (non-hydrogen) atoms. The molecule has 1 aromatic heterocycles. The van der Waals surface area contributed by atoms with Crippen LogP contribution in [-0.2, 0) is 5.41 Å². The van der Waals surface area contributed by atoms with Crippen LogP contribution in [0.5, 0.6) is 0 Å². The molecule has 2 aromatic rings. The van der Waals surface area contributed by atoms with Crippen molar-refractivity contribution in [1.82, 2.24) is 4.98 Å². The summed E-state index contributed by atoms with van der Waals surface area (Å²) >= 11 is 9.53. The highest BCUT2D eigenvalue weighted by atomic mass is 79.9. The lowest BCUT2D eigenvalue weighted by atomic mass is 9.87. The molecule has 0 fully saturated rings. The fourth-order valence-electron chi connectivity index (χ4n) is 1.70. The zero-order chi connectivity index (χ0) is 12.8. The number of fused-ring (bicyclic) bond motifs is 1. The Morgan fingerprint density at radius 3 is 2.53 bits per heavy atom. The SMILES string of the molecule is CC(C)(C)c1cc2c(Br)ccc(F)c2nc1Cl. The van der Waals surface area contributed by atoms with E-state index in [1.165, 1.54) is 6.07 Å². The first-order valence-electron chi connectivity index (χ1n) is 5.25. The van der Waals surface area contributed by atoms with Crippen molar-refractivity contribution in [1.29, 1.82) is 0 Å². The van der Waals surface area contributed by atoms with E-state index in [-0.39, 0.29) is 11.2 Å². The van der Waals surface area contributed by atoms with Crippen LogP contribution in [-0.4, -0.2) is 4.98 Å². The summed E-state index contributed by atoms with van der Waals surface area (Å²) in [5.74, 6) is -0.356. The van der Waals surface area contributed by atoms with E-state index in [0.29, 0.717) is 10.7 Å². The average molecular weight is 317 g/mol. The van der Waals surface area contributed by atoms with Crippen LogP contribution in [0.4, 0.5) is 4.39 Å². The normalized spacial score (nSPS) is 12.1. The van der Waals surface area contributed by atoms with Crippen LogP contribution < -0.4 is 0 Å². The maximum atomic E-state index is 13.6. The number of hydrogen-bond donors (Lipinski definition) is 0. The van der Waals surface area contributed by atoms with Crippen molar-refractivity contribution >= 4 is 38.4 Å². The lowest BCUT2D eigenvalue weighted by Crippen LogP contribution is -2.12. The Balaban J connectivity index is 2.85. The number of pyridine rings is 1. The standard InChI is InChI=1S/C13H12BrClFN/c1-13(2,3)8-6-7-9(14)4-5-10(16)11(7)17-12(8)15/h4-6H,1-3H3. The lowest BCUT2D eigenvalue weighted by molar-refractivity contribution is 0.588. The predicted octanol–water partition coefficient (Wildman–Crippen LogP) is 5.09. The van der Waals surface area contributed by atoms with E-state index < -0.39 is 0 Å². The van der Waals surface area contributed by atoms with Gasteiger partial charge in [0.1, 0.15) is 16.5 Å². The Labute approximate surface area is 113 Å². The van der Waals surface area contributed by atoms with Gasteiger partial charge in [0, 0.05) is 9.86 Å². The number of aromatic nitrogens is 1. The van der Waals surface area contributed by atoms with Crippen molar-refractivity contribution in [2.24, 2.45) is 0 Å². The first kappa shape index (κ1) is 12.8. The highest BCUT2D eigenvalue weighted by Crippen LogP contribution is 2.34. The summed E-state index contributed by atoms with van der Waals surface area (Å²) in [6, 6.07) is 4.96. The minimum Gasteiger partial charge on any atom is -0.233 e. The summed E-state index contributed by atoms with van der Waals surface area (Å²) in [7, 11) is 0. The van der Waals surface area contributed by atoms with Crippen LogP contribution in [0, 0.1) is 5.82 Å². The van der Waals surface area contributed by atoms with E-state index in [1.807, 2.05) is 6.07 Å². The van der Waals surface area contributed by atoms with E-state index in [4.69, 9.17) is 11.6 Å². The highest BCUT2D eigenvalue weighted by molar-refractivity contribution is 9.10. The van der Waals surface area contributed by atoms with Gasteiger partial charge in [-0.15, -0.1) is 0 Å². The smallest absolute Gasteiger partial charge is 0.149 e. The van der Waals surface area contributed by atoms with E-state index >= 15 is 0 Å². The Morgan fingerprint density at radius 1 is 1.29 bits per heavy atom. The van der Waals surface area contributed by atoms with Gasteiger partial charge in [-0.3, -0.25) is 0 Å². The third kappa shape index (κ3) is 2.31. The monoisotopic (exact) mass is 315 g/mol. The molecule has 0 saturated carbocycles. The summed E-state index contributed by atoms with van der Waals surface area (Å²) in [5, 5.41) is 1.11. The zero-order valence-electron chi connectivity index (χ0n) is 9.81. The lowest BCUT2D eigenvalue weighted by Gasteiger charge is -2.20. The second-order valence-corrected chi connectivity index (χ2v) is 6.21. The molecule has 0 aliphatic heterocycles. The Morgan fingerprint density at radius 2 is 1.94 bits per heavy atom. The van der Waals surface area contributed by atoms with Crippen molar-refractivity contribution in [3.8, 4) is 0 Å². The van der Waals surface area contributed by atoms with Crippen molar-refractivity contribution < 1.29 is 4.39 Å². The molecule has 0 amide bonds. The van der Waals surface area contributed by atoms with Crippen molar-refractivity contribution in [2.45, 2.75) is 26.2 Å². The molecule has 1 aromatic carbocycles. The molecular weight excluding hydrogens is 305 g/mol. The number of halogens is 3. The molecule has 0 radical (unpaired) electrons. The van der Waals surface area contributed by atoms with Gasteiger partial charge in [-0.25, -0.2) is 9.37 Å². The maximum Gasteiger partial charge on any atom is 0.149 e. The van der Waals surface area contributed by atoms with Crippen LogP contribution in [0.1, 0.15) is 26.3 Å². The molecule has 4 heteroatoms. The Kier molecular flexibility index (Phi) is 3.17. The average Bonchev–Trinajstić information content (AvgIpc) is 2.21. The molecule has 0 bridgehead atoms. The van der Waals surface area contributed by atoms with E-state index in [0.717, 1.165) is 15.4 Å². The molecule has 0 spiro atoms. The van der Waals surface area contributed by atoms with Gasteiger partial charge in [0.25, 0.3) is 0 Å². The largest absolute Gasteiger partial charge is 0.233 e. The third-order valence-corrected chi connectivity index (χ3v) is 3.62. The molecule has 1 nitrogen and oxygen atoms in total. The van der Waals surface area contributed by atoms with Gasteiger partial charge in [-0.2, -0.15) is 0 Å². The van der Waals surface area contributed by atoms with Crippen LogP contribution in [0.15, 0.2) is 22.7 Å². The first-order chi connectivity index (χ1) is 7.80. The summed E-state index contributed by atoms with van der Waals surface area (Å²) in [5.41, 5.74) is 1.10. The molecule has 0 unspecified atom stereocenters. The van der Waals surface area contributed by atoms with Gasteiger partial charge in [0.15, 0.2) is 0 Å². The van der Waals surface area contributed by atoms with E-state index in [1.54, 1.807) is 6.07 Å². The molecule has 0 aliphatic carbocycles. The Bertz CT molecular complexity index is 590. The summed E-state index contributed by atoms with van der Waals surface area (Å²) < 4.78 is 14.5. The second kappa shape index (κ2) is 4.21. The van der Waals surface area contributed by atoms with Gasteiger partial charge in [-0.05, 0) is 29.2 Å². The number of hydrogen-bond acceptors (Lipinski definition) is 1. The Hall–Kier alpha value is -0.670. The summed E-state index contributed by atoms with van der Waals surface area (Å²) in [4.78, 5) is 4.16. The van der Waals surface area contributed by atoms with E-state index in [2.05, 4.69) is 41.7 Å². The van der Waals surface area contributed by atoms with Gasteiger partial charge >= 0.3 is 0 Å². The molecule has 0 aliphatic rings. The topological polar surface area (TPSA) is 12.9 Å². The minimum absolute atomic E-state index is 0.121. The summed E-state index contributed by atoms with van der Waals surface area (Å²) in [6.07, 6.45) is 0. The van der Waals surface area contributed by atoms with Gasteiger partial charge in [0.2, 0.25) is 0 Å². The van der Waals surface area contributed by atoms with Crippen molar-refractivity contribution in [3.05, 3.63) is 39.2 Å². The molecule has 1 heterocycles. The number of rotatable bonds is 0. The van der Waals surface area contributed by atoms with Crippen LogP contribution in [0.25, 0.3) is 10.9 Å². The van der Waals surface area contributed by atoms with Crippen molar-refractivity contribution in [2.75, 3.05) is 0 Å². The summed E-state index contributed by atoms with van der Waals surface area (Å²) in [6.45, 7) is 6.15. The van der Waals surface area contributed by atoms with Crippen LogP contribution in [0.3, 0.4) is 0 Å². The maximum absolute atomic E-state index is 13.6. The van der Waals surface area contributed by atoms with Crippen molar-refractivity contribution in [3.63, 3.8) is 0 Å². The van der Waals surface area contributed by atoms with Gasteiger partial charge in [0.05, 0.1) is 0 Å². The first-order valence-corrected chi connectivity index (χ1v) is 6.42. The van der Waals surface area contributed by atoms with Gasteiger partial charge in [-0.1, -0.05) is 48.3 Å². The predicted molar refractivity (Wildman–Crippen MR) is 73.1 cm³/mol. The third-order valence-electron chi connectivity index (χ3n) is 2.64. The molecule has 0 atom stereocenters.